The third-order valence-electron chi connectivity index (χ3n) is 3.98. The smallest absolute Gasteiger partial charge is 0.258 e. The molecule has 0 fully saturated rings. The Morgan fingerprint density at radius 1 is 1.39 bits per heavy atom. The largest absolute Gasteiger partial charge is 0.481 e. The minimum atomic E-state index is -0.0374. The summed E-state index contributed by atoms with van der Waals surface area (Å²) in [4.78, 5) is 28.1. The molecule has 0 atom stereocenters. The maximum atomic E-state index is 12.1. The van der Waals surface area contributed by atoms with E-state index in [4.69, 9.17) is 4.74 Å². The van der Waals surface area contributed by atoms with Crippen LogP contribution >= 0.6 is 11.3 Å². The number of rotatable bonds is 3. The maximum Gasteiger partial charge on any atom is 0.258 e. The molecule has 0 N–H and O–H groups in total. The van der Waals surface area contributed by atoms with E-state index >= 15 is 0 Å². The van der Waals surface area contributed by atoms with Gasteiger partial charge in [-0.1, -0.05) is 0 Å². The van der Waals surface area contributed by atoms with Gasteiger partial charge in [-0.15, -0.1) is 11.3 Å². The summed E-state index contributed by atoms with van der Waals surface area (Å²) in [5, 5.41) is 1.87. The first-order valence-corrected chi connectivity index (χ1v) is 8.17. The molecule has 0 aromatic carbocycles. The van der Waals surface area contributed by atoms with Gasteiger partial charge in [-0.05, 0) is 0 Å². The Morgan fingerprint density at radius 3 is 3.17 bits per heavy atom. The minimum absolute atomic E-state index is 0.0374. The van der Waals surface area contributed by atoms with Gasteiger partial charge < -0.3 is 4.74 Å². The van der Waals surface area contributed by atoms with E-state index in [0.29, 0.717) is 19.0 Å². The van der Waals surface area contributed by atoms with Crippen molar-refractivity contribution >= 4 is 16.3 Å². The topological polar surface area (TPSA) is 72.6 Å². The number of aromatic nitrogens is 4. The molecule has 8 heteroatoms. The summed E-state index contributed by atoms with van der Waals surface area (Å²) in [6, 6.07) is 1.61. The molecule has 3 aromatic rings. The standard InChI is InChI=1S/C15H15N5O2S/c1-22-14-11-8-19(3-2-12(11)16-9-17-14)7-10-6-13(21)20-4-5-23-15(20)18-10/h4-6,9H,2-3,7-8H2,1H3. The van der Waals surface area contributed by atoms with Crippen molar-refractivity contribution in [2.24, 2.45) is 0 Å². The number of ether oxygens (including phenoxy) is 1. The van der Waals surface area contributed by atoms with Crippen LogP contribution in [0.2, 0.25) is 0 Å². The molecule has 23 heavy (non-hydrogen) atoms. The van der Waals surface area contributed by atoms with E-state index in [-0.39, 0.29) is 5.56 Å². The highest BCUT2D eigenvalue weighted by Crippen LogP contribution is 2.25. The van der Waals surface area contributed by atoms with Gasteiger partial charge in [0.1, 0.15) is 6.33 Å². The fraction of sp³-hybridized carbons (Fsp3) is 0.333. The highest BCUT2D eigenvalue weighted by atomic mass is 32.1. The first-order valence-electron chi connectivity index (χ1n) is 7.29. The molecular formula is C15H15N5O2S. The number of thiazole rings is 1. The molecule has 118 valence electrons. The Bertz CT molecular complexity index is 905. The summed E-state index contributed by atoms with van der Waals surface area (Å²) in [6.07, 6.45) is 4.13. The lowest BCUT2D eigenvalue weighted by atomic mass is 10.1. The van der Waals surface area contributed by atoms with Crippen LogP contribution in [0.15, 0.2) is 28.8 Å². The second-order valence-corrected chi connectivity index (χ2v) is 6.28. The van der Waals surface area contributed by atoms with E-state index in [9.17, 15) is 4.79 Å². The summed E-state index contributed by atoms with van der Waals surface area (Å²) >= 11 is 1.47. The number of fused-ring (bicyclic) bond motifs is 2. The average molecular weight is 329 g/mol. The average Bonchev–Trinajstić information content (AvgIpc) is 3.03. The van der Waals surface area contributed by atoms with Gasteiger partial charge in [-0.25, -0.2) is 15.0 Å². The van der Waals surface area contributed by atoms with Crippen molar-refractivity contribution in [2.45, 2.75) is 19.5 Å². The van der Waals surface area contributed by atoms with Crippen molar-refractivity contribution < 1.29 is 4.74 Å². The molecule has 7 nitrogen and oxygen atoms in total. The molecule has 0 aliphatic carbocycles. The number of methoxy groups -OCH3 is 1. The van der Waals surface area contributed by atoms with Gasteiger partial charge in [0.15, 0.2) is 4.96 Å². The van der Waals surface area contributed by atoms with Crippen molar-refractivity contribution in [3.63, 3.8) is 0 Å². The summed E-state index contributed by atoms with van der Waals surface area (Å²) < 4.78 is 6.90. The maximum absolute atomic E-state index is 12.1. The summed E-state index contributed by atoms with van der Waals surface area (Å²) in [7, 11) is 1.62. The second-order valence-electron chi connectivity index (χ2n) is 5.41. The van der Waals surface area contributed by atoms with E-state index in [1.54, 1.807) is 30.1 Å². The number of nitrogens with zero attached hydrogens (tertiary/aromatic N) is 5. The second kappa shape index (κ2) is 5.71. The Hall–Kier alpha value is -2.32. The monoisotopic (exact) mass is 329 g/mol. The molecule has 0 spiro atoms. The van der Waals surface area contributed by atoms with Gasteiger partial charge >= 0.3 is 0 Å². The quantitative estimate of drug-likeness (QED) is 0.717. The van der Waals surface area contributed by atoms with E-state index in [1.165, 1.54) is 11.3 Å². The van der Waals surface area contributed by atoms with Crippen LogP contribution in [0.4, 0.5) is 0 Å². The molecule has 4 heterocycles. The third kappa shape index (κ3) is 2.60. The molecule has 3 aromatic heterocycles. The van der Waals surface area contributed by atoms with Gasteiger partial charge in [-0.2, -0.15) is 0 Å². The zero-order valence-electron chi connectivity index (χ0n) is 12.6. The Labute approximate surface area is 136 Å². The lowest BCUT2D eigenvalue weighted by Crippen LogP contribution is -2.32. The van der Waals surface area contributed by atoms with Gasteiger partial charge in [0.25, 0.3) is 5.56 Å². The summed E-state index contributed by atoms with van der Waals surface area (Å²) in [6.45, 7) is 2.20. The first-order chi connectivity index (χ1) is 11.2. The lowest BCUT2D eigenvalue weighted by Gasteiger charge is -2.28. The van der Waals surface area contributed by atoms with Gasteiger partial charge in [0, 0.05) is 49.3 Å². The fourth-order valence-corrected chi connectivity index (χ4v) is 3.62. The molecule has 0 amide bonds. The highest BCUT2D eigenvalue weighted by Gasteiger charge is 2.22. The zero-order valence-corrected chi connectivity index (χ0v) is 13.4. The van der Waals surface area contributed by atoms with Crippen LogP contribution in [0.25, 0.3) is 4.96 Å². The summed E-state index contributed by atoms with van der Waals surface area (Å²) in [5.74, 6) is 0.626. The fourth-order valence-electron chi connectivity index (χ4n) is 2.88. The molecule has 0 radical (unpaired) electrons. The number of hydrogen-bond acceptors (Lipinski definition) is 7. The number of hydrogen-bond donors (Lipinski definition) is 0. The first kappa shape index (κ1) is 14.3. The van der Waals surface area contributed by atoms with Crippen molar-refractivity contribution in [2.75, 3.05) is 13.7 Å². The zero-order chi connectivity index (χ0) is 15.8. The minimum Gasteiger partial charge on any atom is -0.481 e. The van der Waals surface area contributed by atoms with E-state index < -0.39 is 0 Å². The molecule has 0 unspecified atom stereocenters. The van der Waals surface area contributed by atoms with Gasteiger partial charge in [0.2, 0.25) is 5.88 Å². The van der Waals surface area contributed by atoms with Gasteiger partial charge in [-0.3, -0.25) is 14.1 Å². The molecule has 1 aliphatic heterocycles. The lowest BCUT2D eigenvalue weighted by molar-refractivity contribution is 0.233. The van der Waals surface area contributed by atoms with E-state index in [1.807, 2.05) is 5.38 Å². The van der Waals surface area contributed by atoms with Crippen LogP contribution in [-0.2, 0) is 19.5 Å². The molecule has 0 saturated carbocycles. The predicted molar refractivity (Wildman–Crippen MR) is 85.7 cm³/mol. The Morgan fingerprint density at radius 2 is 2.30 bits per heavy atom. The van der Waals surface area contributed by atoms with Crippen LogP contribution in [0.1, 0.15) is 17.0 Å². The predicted octanol–water partition coefficient (Wildman–Crippen LogP) is 1.11. The Kier molecular flexibility index (Phi) is 3.55. The third-order valence-corrected chi connectivity index (χ3v) is 4.73. The molecule has 0 bridgehead atoms. The van der Waals surface area contributed by atoms with Crippen LogP contribution in [0, 0.1) is 0 Å². The van der Waals surface area contributed by atoms with Crippen LogP contribution in [-0.4, -0.2) is 37.9 Å². The molecular weight excluding hydrogens is 314 g/mol. The van der Waals surface area contributed by atoms with E-state index in [0.717, 1.165) is 34.9 Å². The molecule has 1 aliphatic rings. The van der Waals surface area contributed by atoms with Crippen LogP contribution < -0.4 is 10.3 Å². The normalized spacial score (nSPS) is 14.8. The summed E-state index contributed by atoms with van der Waals surface area (Å²) in [5.41, 5.74) is 2.81. The van der Waals surface area contributed by atoms with Crippen molar-refractivity contribution in [1.82, 2.24) is 24.3 Å². The van der Waals surface area contributed by atoms with E-state index in [2.05, 4.69) is 19.9 Å². The van der Waals surface area contributed by atoms with Crippen LogP contribution in [0.3, 0.4) is 0 Å². The van der Waals surface area contributed by atoms with Crippen molar-refractivity contribution in [3.05, 3.63) is 51.3 Å². The molecule has 4 rings (SSSR count). The van der Waals surface area contributed by atoms with Crippen molar-refractivity contribution in [1.29, 1.82) is 0 Å². The SMILES string of the molecule is COc1ncnc2c1CN(Cc1cc(=O)n3ccsc3n1)CC2. The van der Waals surface area contributed by atoms with Crippen molar-refractivity contribution in [3.8, 4) is 5.88 Å². The highest BCUT2D eigenvalue weighted by molar-refractivity contribution is 7.15. The molecule has 0 saturated heterocycles. The Balaban J connectivity index is 1.61. The van der Waals surface area contributed by atoms with Crippen LogP contribution in [0.5, 0.6) is 5.88 Å². The van der Waals surface area contributed by atoms with Gasteiger partial charge in [0.05, 0.1) is 18.5 Å².